The Morgan fingerprint density at radius 2 is 2.00 bits per heavy atom. The molecule has 3 aliphatic heterocycles. The van der Waals surface area contributed by atoms with Crippen LogP contribution in [0.25, 0.3) is 0 Å². The van der Waals surface area contributed by atoms with Crippen molar-refractivity contribution in [2.45, 2.75) is 24.8 Å². The zero-order valence-electron chi connectivity index (χ0n) is 16.1. The first kappa shape index (κ1) is 16.9. The summed E-state index contributed by atoms with van der Waals surface area (Å²) >= 11 is 0. The van der Waals surface area contributed by atoms with Gasteiger partial charge in [-0.15, -0.1) is 0 Å². The third kappa shape index (κ3) is 3.04. The second-order valence-electron chi connectivity index (χ2n) is 7.98. The molecule has 0 N–H and O–H groups in total. The number of likely N-dealkylation sites (tertiary alicyclic amines) is 1. The van der Waals surface area contributed by atoms with Gasteiger partial charge in [-0.3, -0.25) is 4.98 Å². The highest BCUT2D eigenvalue weighted by atomic mass is 16.5. The van der Waals surface area contributed by atoms with Crippen molar-refractivity contribution in [2.75, 3.05) is 56.2 Å². The molecule has 1 aromatic carbocycles. The van der Waals surface area contributed by atoms with Crippen LogP contribution in [0, 0.1) is 0 Å². The first-order valence-corrected chi connectivity index (χ1v) is 10.2. The van der Waals surface area contributed by atoms with Gasteiger partial charge >= 0.3 is 0 Å². The standard InChI is InChI=1S/C22H28N4O/c1-24-13-14-26-20-8-12-25(11-3-15-27-17-6-9-23-10-7-17)16-19(20)18-4-2-5-21(24)22(18)26/h2,4-7,9-10,19-20H,3,8,11-16H2,1H3/t19-,20-/m0/s1. The van der Waals surface area contributed by atoms with Crippen molar-refractivity contribution in [3.63, 3.8) is 0 Å². The van der Waals surface area contributed by atoms with Gasteiger partial charge in [0.15, 0.2) is 0 Å². The number of rotatable bonds is 5. The summed E-state index contributed by atoms with van der Waals surface area (Å²) in [6.45, 7) is 6.56. The number of hydrogen-bond acceptors (Lipinski definition) is 5. The molecule has 5 heteroatoms. The van der Waals surface area contributed by atoms with Gasteiger partial charge in [0.1, 0.15) is 5.75 Å². The molecule has 0 spiro atoms. The predicted molar refractivity (Wildman–Crippen MR) is 109 cm³/mol. The third-order valence-electron chi connectivity index (χ3n) is 6.42. The lowest BCUT2D eigenvalue weighted by Gasteiger charge is -2.41. The fourth-order valence-electron chi connectivity index (χ4n) is 5.09. The molecule has 27 heavy (non-hydrogen) atoms. The fourth-order valence-corrected chi connectivity index (χ4v) is 5.09. The lowest BCUT2D eigenvalue weighted by Crippen LogP contribution is -2.49. The number of aromatic nitrogens is 1. The second-order valence-corrected chi connectivity index (χ2v) is 7.98. The SMILES string of the molecule is CN1CCN2c3c(cccc31)[C@@H]1CN(CCCOc3ccncc3)CC[C@@H]12. The lowest BCUT2D eigenvalue weighted by molar-refractivity contribution is 0.178. The number of likely N-dealkylation sites (N-methyl/N-ethyl adjacent to an activating group) is 1. The summed E-state index contributed by atoms with van der Waals surface area (Å²) < 4.78 is 5.83. The van der Waals surface area contributed by atoms with E-state index in [1.807, 2.05) is 12.1 Å². The van der Waals surface area contributed by atoms with Crippen LogP contribution in [-0.4, -0.2) is 62.3 Å². The number of pyridine rings is 1. The van der Waals surface area contributed by atoms with E-state index in [1.165, 1.54) is 37.4 Å². The second kappa shape index (κ2) is 7.04. The maximum absolute atomic E-state index is 5.83. The highest BCUT2D eigenvalue weighted by Crippen LogP contribution is 2.50. The summed E-state index contributed by atoms with van der Waals surface area (Å²) in [5, 5.41) is 0. The number of hydrogen-bond donors (Lipinski definition) is 0. The van der Waals surface area contributed by atoms with E-state index in [0.29, 0.717) is 12.0 Å². The smallest absolute Gasteiger partial charge is 0.122 e. The van der Waals surface area contributed by atoms with E-state index < -0.39 is 0 Å². The van der Waals surface area contributed by atoms with Gasteiger partial charge in [-0.2, -0.15) is 0 Å². The van der Waals surface area contributed by atoms with Gasteiger partial charge in [-0.25, -0.2) is 0 Å². The predicted octanol–water partition coefficient (Wildman–Crippen LogP) is 2.98. The van der Waals surface area contributed by atoms with Crippen molar-refractivity contribution in [3.8, 4) is 5.75 Å². The van der Waals surface area contributed by atoms with E-state index in [9.17, 15) is 0 Å². The summed E-state index contributed by atoms with van der Waals surface area (Å²) in [5.41, 5.74) is 4.51. The minimum atomic E-state index is 0.654. The van der Waals surface area contributed by atoms with E-state index in [1.54, 1.807) is 18.0 Å². The van der Waals surface area contributed by atoms with Gasteiger partial charge in [0.25, 0.3) is 0 Å². The monoisotopic (exact) mass is 364 g/mol. The number of nitrogens with zero attached hydrogens (tertiary/aromatic N) is 4. The van der Waals surface area contributed by atoms with Crippen LogP contribution in [0.2, 0.25) is 0 Å². The normalized spacial score (nSPS) is 23.9. The topological polar surface area (TPSA) is 31.8 Å². The van der Waals surface area contributed by atoms with Crippen LogP contribution >= 0.6 is 0 Å². The molecule has 2 aromatic rings. The van der Waals surface area contributed by atoms with Crippen LogP contribution in [0.5, 0.6) is 5.75 Å². The Bertz CT molecular complexity index is 796. The number of fused-ring (bicyclic) bond motifs is 3. The molecule has 0 bridgehead atoms. The van der Waals surface area contributed by atoms with Crippen LogP contribution in [0.15, 0.2) is 42.7 Å². The minimum Gasteiger partial charge on any atom is -0.493 e. The Hall–Kier alpha value is -2.27. The van der Waals surface area contributed by atoms with E-state index >= 15 is 0 Å². The Balaban J connectivity index is 1.22. The lowest BCUT2D eigenvalue weighted by atomic mass is 9.89. The quantitative estimate of drug-likeness (QED) is 0.762. The molecule has 3 aliphatic rings. The molecule has 4 heterocycles. The van der Waals surface area contributed by atoms with Crippen LogP contribution in [0.3, 0.4) is 0 Å². The van der Waals surface area contributed by atoms with Gasteiger partial charge < -0.3 is 19.4 Å². The first-order valence-electron chi connectivity index (χ1n) is 10.2. The van der Waals surface area contributed by atoms with Crippen molar-refractivity contribution in [1.29, 1.82) is 0 Å². The molecular weight excluding hydrogens is 336 g/mol. The number of piperidine rings is 1. The summed E-state index contributed by atoms with van der Waals surface area (Å²) in [5.74, 6) is 1.57. The van der Waals surface area contributed by atoms with Gasteiger partial charge in [0.05, 0.1) is 18.0 Å². The molecule has 1 aromatic heterocycles. The molecule has 0 radical (unpaired) electrons. The first-order chi connectivity index (χ1) is 13.3. The molecule has 2 atom stereocenters. The summed E-state index contributed by atoms with van der Waals surface area (Å²) in [7, 11) is 2.23. The highest BCUT2D eigenvalue weighted by molar-refractivity contribution is 5.80. The molecule has 5 rings (SSSR count). The van der Waals surface area contributed by atoms with E-state index in [0.717, 1.165) is 31.9 Å². The summed E-state index contributed by atoms with van der Waals surface area (Å²) in [6, 6.07) is 11.4. The zero-order chi connectivity index (χ0) is 18.2. The molecule has 0 amide bonds. The largest absolute Gasteiger partial charge is 0.493 e. The van der Waals surface area contributed by atoms with E-state index in [4.69, 9.17) is 4.74 Å². The number of para-hydroxylation sites is 1. The van der Waals surface area contributed by atoms with Crippen molar-refractivity contribution in [1.82, 2.24) is 9.88 Å². The Kier molecular flexibility index (Phi) is 4.40. The molecule has 0 unspecified atom stereocenters. The average molecular weight is 364 g/mol. The fraction of sp³-hybridized carbons (Fsp3) is 0.500. The van der Waals surface area contributed by atoms with Crippen LogP contribution in [-0.2, 0) is 0 Å². The summed E-state index contributed by atoms with van der Waals surface area (Å²) in [6.07, 6.45) is 5.90. The maximum atomic E-state index is 5.83. The van der Waals surface area contributed by atoms with Gasteiger partial charge in [-0.1, -0.05) is 12.1 Å². The Morgan fingerprint density at radius 1 is 1.11 bits per heavy atom. The summed E-state index contributed by atoms with van der Waals surface area (Å²) in [4.78, 5) is 11.8. The zero-order valence-corrected chi connectivity index (χ0v) is 16.1. The third-order valence-corrected chi connectivity index (χ3v) is 6.42. The molecule has 1 fully saturated rings. The molecule has 142 valence electrons. The van der Waals surface area contributed by atoms with E-state index in [-0.39, 0.29) is 0 Å². The van der Waals surface area contributed by atoms with Gasteiger partial charge in [0, 0.05) is 64.1 Å². The highest BCUT2D eigenvalue weighted by Gasteiger charge is 2.44. The molecule has 5 nitrogen and oxygen atoms in total. The van der Waals surface area contributed by atoms with Crippen LogP contribution in [0.4, 0.5) is 11.4 Å². The van der Waals surface area contributed by atoms with Crippen molar-refractivity contribution in [3.05, 3.63) is 48.3 Å². The maximum Gasteiger partial charge on any atom is 0.122 e. The molecule has 1 saturated heterocycles. The van der Waals surface area contributed by atoms with E-state index in [2.05, 4.69) is 44.9 Å². The van der Waals surface area contributed by atoms with Crippen LogP contribution in [0.1, 0.15) is 24.3 Å². The van der Waals surface area contributed by atoms with Crippen molar-refractivity contribution < 1.29 is 4.74 Å². The average Bonchev–Trinajstić information content (AvgIpc) is 3.03. The minimum absolute atomic E-state index is 0.654. The number of benzene rings is 1. The van der Waals surface area contributed by atoms with Crippen LogP contribution < -0.4 is 14.5 Å². The molecular formula is C22H28N4O. The molecule has 0 saturated carbocycles. The number of ether oxygens (including phenoxy) is 1. The Labute approximate surface area is 161 Å². The van der Waals surface area contributed by atoms with Gasteiger partial charge in [-0.05, 0) is 36.6 Å². The van der Waals surface area contributed by atoms with Crippen molar-refractivity contribution in [2.24, 2.45) is 0 Å². The molecule has 0 aliphatic carbocycles. The van der Waals surface area contributed by atoms with Gasteiger partial charge in [0.2, 0.25) is 0 Å². The Morgan fingerprint density at radius 3 is 2.89 bits per heavy atom. The number of anilines is 2. The van der Waals surface area contributed by atoms with Crippen molar-refractivity contribution >= 4 is 11.4 Å².